The molecule has 0 radical (unpaired) electrons. The van der Waals surface area contributed by atoms with Gasteiger partial charge in [-0.05, 0) is 18.9 Å². The topological polar surface area (TPSA) is 86.8 Å². The van der Waals surface area contributed by atoms with Crippen molar-refractivity contribution in [1.29, 1.82) is 0 Å². The Labute approximate surface area is 168 Å². The Hall–Kier alpha value is -2.88. The molecule has 0 aromatic carbocycles. The van der Waals surface area contributed by atoms with Gasteiger partial charge in [0.25, 0.3) is 0 Å². The van der Waals surface area contributed by atoms with E-state index in [9.17, 15) is 18.0 Å². The summed E-state index contributed by atoms with van der Waals surface area (Å²) in [6.45, 7) is -0.853. The van der Waals surface area contributed by atoms with Crippen LogP contribution in [0.5, 0.6) is 0 Å². The van der Waals surface area contributed by atoms with Gasteiger partial charge >= 0.3 is 6.18 Å². The van der Waals surface area contributed by atoms with Gasteiger partial charge in [0.05, 0.1) is 23.1 Å². The number of amides is 1. The molecule has 0 saturated carbocycles. The number of carbonyl (C=O) groups excluding carboxylic acids is 1. The van der Waals surface area contributed by atoms with Crippen molar-refractivity contribution in [3.8, 4) is 11.3 Å². The average molecular weight is 425 g/mol. The highest BCUT2D eigenvalue weighted by Gasteiger charge is 2.35. The molecule has 1 aliphatic heterocycles. The zero-order valence-corrected chi connectivity index (χ0v) is 15.8. The Kier molecular flexibility index (Phi) is 5.03. The number of fused-ring (bicyclic) bond motifs is 1. The van der Waals surface area contributed by atoms with Crippen molar-refractivity contribution in [2.75, 3.05) is 18.0 Å². The van der Waals surface area contributed by atoms with Gasteiger partial charge in [0, 0.05) is 29.9 Å². The van der Waals surface area contributed by atoms with Crippen LogP contribution in [0.4, 0.5) is 19.0 Å². The first-order valence-corrected chi connectivity index (χ1v) is 9.26. The number of nitrogens with zero attached hydrogens (tertiary/aromatic N) is 4. The molecule has 1 atom stereocenters. The first-order chi connectivity index (χ1) is 13.8. The van der Waals surface area contributed by atoms with Crippen molar-refractivity contribution in [3.05, 3.63) is 35.9 Å². The second kappa shape index (κ2) is 7.51. The van der Waals surface area contributed by atoms with Crippen LogP contribution in [0.2, 0.25) is 5.02 Å². The summed E-state index contributed by atoms with van der Waals surface area (Å²) in [7, 11) is 0. The molecule has 0 bridgehead atoms. The molecule has 4 heterocycles. The summed E-state index contributed by atoms with van der Waals surface area (Å²) in [6.07, 6.45) is 3.00. The number of halogens is 4. The van der Waals surface area contributed by atoms with Crippen molar-refractivity contribution in [1.82, 2.24) is 25.3 Å². The van der Waals surface area contributed by atoms with E-state index in [0.717, 1.165) is 10.9 Å². The van der Waals surface area contributed by atoms with Gasteiger partial charge in [0.15, 0.2) is 0 Å². The van der Waals surface area contributed by atoms with Gasteiger partial charge in [-0.15, -0.1) is 0 Å². The molecule has 0 spiro atoms. The van der Waals surface area contributed by atoms with Crippen molar-refractivity contribution in [2.24, 2.45) is 0 Å². The molecule has 11 heteroatoms. The number of carbonyl (C=O) groups is 1. The molecule has 1 saturated heterocycles. The van der Waals surface area contributed by atoms with Crippen LogP contribution < -0.4 is 10.2 Å². The summed E-state index contributed by atoms with van der Waals surface area (Å²) in [4.78, 5) is 30.0. The number of rotatable bonds is 4. The predicted molar refractivity (Wildman–Crippen MR) is 102 cm³/mol. The van der Waals surface area contributed by atoms with Crippen molar-refractivity contribution < 1.29 is 18.0 Å². The highest BCUT2D eigenvalue weighted by atomic mass is 35.5. The fourth-order valence-corrected chi connectivity index (χ4v) is 3.59. The normalized spacial score (nSPS) is 17.1. The largest absolute Gasteiger partial charge is 0.405 e. The zero-order valence-electron chi connectivity index (χ0n) is 15.0. The maximum Gasteiger partial charge on any atom is 0.405 e. The second-order valence-electron chi connectivity index (χ2n) is 6.70. The van der Waals surface area contributed by atoms with E-state index in [0.29, 0.717) is 41.6 Å². The first-order valence-electron chi connectivity index (χ1n) is 8.88. The van der Waals surface area contributed by atoms with E-state index < -0.39 is 24.7 Å². The molecule has 29 heavy (non-hydrogen) atoms. The Morgan fingerprint density at radius 1 is 1.34 bits per heavy atom. The van der Waals surface area contributed by atoms with E-state index in [4.69, 9.17) is 11.6 Å². The summed E-state index contributed by atoms with van der Waals surface area (Å²) in [5.74, 6) is -0.244. The third kappa shape index (κ3) is 4.12. The minimum atomic E-state index is -4.45. The molecule has 152 valence electrons. The molecule has 1 aliphatic rings. The van der Waals surface area contributed by atoms with Gasteiger partial charge in [-0.1, -0.05) is 11.6 Å². The van der Waals surface area contributed by atoms with E-state index in [1.54, 1.807) is 23.4 Å². The lowest BCUT2D eigenvalue weighted by molar-refractivity contribution is -0.139. The third-order valence-corrected chi connectivity index (χ3v) is 4.91. The number of pyridine rings is 1. The van der Waals surface area contributed by atoms with Gasteiger partial charge in [-0.25, -0.2) is 9.97 Å². The van der Waals surface area contributed by atoms with E-state index >= 15 is 0 Å². The lowest BCUT2D eigenvalue weighted by Crippen LogP contribution is -2.46. The molecule has 3 aromatic rings. The molecule has 1 amide bonds. The number of nitrogens with one attached hydrogen (secondary N) is 2. The van der Waals surface area contributed by atoms with Gasteiger partial charge in [0.1, 0.15) is 24.1 Å². The summed E-state index contributed by atoms with van der Waals surface area (Å²) in [5.41, 5.74) is 1.92. The zero-order chi connectivity index (χ0) is 20.6. The van der Waals surface area contributed by atoms with Gasteiger partial charge in [-0.2, -0.15) is 13.2 Å². The number of alkyl halides is 3. The number of hydrogen-bond donors (Lipinski definition) is 2. The molecule has 4 rings (SSSR count). The van der Waals surface area contributed by atoms with Gasteiger partial charge in [-0.3, -0.25) is 9.78 Å². The van der Waals surface area contributed by atoms with Gasteiger partial charge in [0.2, 0.25) is 5.91 Å². The molecule has 3 aromatic heterocycles. The molecule has 2 N–H and O–H groups in total. The number of aromatic amines is 1. The van der Waals surface area contributed by atoms with E-state index in [-0.39, 0.29) is 0 Å². The molecular weight excluding hydrogens is 409 g/mol. The lowest BCUT2D eigenvalue weighted by atomic mass is 10.1. The van der Waals surface area contributed by atoms with Crippen LogP contribution in [0.15, 0.2) is 30.9 Å². The SMILES string of the molecule is O=C(NCC(F)(F)F)[C@H]1CCCN1c1cncc(-c2c[nH]c3ncc(Cl)cc23)n1. The van der Waals surface area contributed by atoms with Crippen molar-refractivity contribution >= 4 is 34.4 Å². The second-order valence-corrected chi connectivity index (χ2v) is 7.14. The predicted octanol–water partition coefficient (Wildman–Crippen LogP) is 3.32. The number of anilines is 1. The van der Waals surface area contributed by atoms with Crippen LogP contribution in [0.1, 0.15) is 12.8 Å². The smallest absolute Gasteiger partial charge is 0.345 e. The number of H-pyrrole nitrogens is 1. The van der Waals surface area contributed by atoms with Crippen LogP contribution in [-0.4, -0.2) is 51.2 Å². The lowest BCUT2D eigenvalue weighted by Gasteiger charge is -2.25. The monoisotopic (exact) mass is 424 g/mol. The molecule has 7 nitrogen and oxygen atoms in total. The maximum absolute atomic E-state index is 12.4. The van der Waals surface area contributed by atoms with Crippen LogP contribution in [-0.2, 0) is 4.79 Å². The minimum Gasteiger partial charge on any atom is -0.345 e. The summed E-state index contributed by atoms with van der Waals surface area (Å²) >= 11 is 6.04. The Morgan fingerprint density at radius 3 is 2.97 bits per heavy atom. The van der Waals surface area contributed by atoms with E-state index in [2.05, 4.69) is 19.9 Å². The highest BCUT2D eigenvalue weighted by molar-refractivity contribution is 6.31. The number of aromatic nitrogens is 4. The average Bonchev–Trinajstić information content (AvgIpc) is 3.32. The summed E-state index contributed by atoms with van der Waals surface area (Å²) < 4.78 is 37.3. The number of hydrogen-bond acceptors (Lipinski definition) is 5. The fraction of sp³-hybridized carbons (Fsp3) is 0.333. The molecular formula is C18H16ClF3N6O. The maximum atomic E-state index is 12.4. The van der Waals surface area contributed by atoms with Crippen molar-refractivity contribution in [3.63, 3.8) is 0 Å². The highest BCUT2D eigenvalue weighted by Crippen LogP contribution is 2.30. The Bertz CT molecular complexity index is 1050. The van der Waals surface area contributed by atoms with Crippen LogP contribution in [0.3, 0.4) is 0 Å². The summed E-state index contributed by atoms with van der Waals surface area (Å²) in [5, 5.41) is 3.20. The van der Waals surface area contributed by atoms with E-state index in [1.165, 1.54) is 12.4 Å². The molecule has 0 aliphatic carbocycles. The summed E-state index contributed by atoms with van der Waals surface area (Å²) in [6, 6.07) is 1.04. The first kappa shape index (κ1) is 19.4. The Morgan fingerprint density at radius 2 is 2.17 bits per heavy atom. The molecule has 1 fully saturated rings. The van der Waals surface area contributed by atoms with Crippen LogP contribution >= 0.6 is 11.6 Å². The van der Waals surface area contributed by atoms with Gasteiger partial charge < -0.3 is 15.2 Å². The minimum absolute atomic E-state index is 0.427. The van der Waals surface area contributed by atoms with Crippen LogP contribution in [0.25, 0.3) is 22.3 Å². The van der Waals surface area contributed by atoms with Crippen LogP contribution in [0, 0.1) is 0 Å². The third-order valence-electron chi connectivity index (χ3n) is 4.71. The van der Waals surface area contributed by atoms with E-state index in [1.807, 2.05) is 5.32 Å². The Balaban J connectivity index is 1.61. The standard InChI is InChI=1S/C18H16ClF3N6O/c19-10-4-11-12(6-25-16(11)24-5-10)13-7-23-8-15(27-13)28-3-1-2-14(28)17(29)26-9-18(20,21)22/h4-8,14H,1-3,9H2,(H,24,25)(H,26,29)/t14-/m1/s1. The molecule has 0 unspecified atom stereocenters. The quantitative estimate of drug-likeness (QED) is 0.671. The van der Waals surface area contributed by atoms with Crippen molar-refractivity contribution in [2.45, 2.75) is 25.1 Å². The fourth-order valence-electron chi connectivity index (χ4n) is 3.43.